The molecule has 3 nitrogen and oxygen atoms in total. The molecule has 0 spiro atoms. The lowest BCUT2D eigenvalue weighted by atomic mass is 10.2. The molecule has 0 aliphatic carbocycles. The van der Waals surface area contributed by atoms with E-state index < -0.39 is 0 Å². The number of methoxy groups -OCH3 is 1. The minimum absolute atomic E-state index is 0.0648. The molecule has 0 aromatic carbocycles. The van der Waals surface area contributed by atoms with Crippen molar-refractivity contribution in [2.24, 2.45) is 0 Å². The van der Waals surface area contributed by atoms with Gasteiger partial charge in [-0.05, 0) is 53.5 Å². The van der Waals surface area contributed by atoms with E-state index in [0.717, 1.165) is 37.0 Å². The van der Waals surface area contributed by atoms with Gasteiger partial charge in [-0.15, -0.1) is 22.7 Å². The fourth-order valence-electron chi connectivity index (χ4n) is 2.40. The SMILES string of the molecule is CCc1cc(-c2nc(C)c(C(OC)c3ccc(Br)s3)s2)ccn1. The standard InChI is InChI=1S/C17H17BrN2OS2/c1-4-12-9-11(7-8-19-12)17-20-10(2)16(23-17)15(21-3)13-5-6-14(18)22-13/h5-9,15H,4H2,1-3H3. The zero-order valence-electron chi connectivity index (χ0n) is 13.2. The van der Waals surface area contributed by atoms with Crippen molar-refractivity contribution < 1.29 is 4.74 Å². The van der Waals surface area contributed by atoms with Gasteiger partial charge in [0.1, 0.15) is 11.1 Å². The highest BCUT2D eigenvalue weighted by Gasteiger charge is 2.22. The molecule has 0 N–H and O–H groups in total. The van der Waals surface area contributed by atoms with Gasteiger partial charge < -0.3 is 4.74 Å². The second kappa shape index (κ2) is 7.21. The number of rotatable bonds is 5. The van der Waals surface area contributed by atoms with Crippen molar-refractivity contribution in [3.63, 3.8) is 0 Å². The molecule has 1 unspecified atom stereocenters. The second-order valence-corrected chi connectivity index (χ2v) is 8.64. The predicted molar refractivity (Wildman–Crippen MR) is 100 cm³/mol. The molecule has 0 aliphatic rings. The van der Waals surface area contributed by atoms with Crippen molar-refractivity contribution in [1.82, 2.24) is 9.97 Å². The Balaban J connectivity index is 1.99. The molecule has 3 heterocycles. The minimum atomic E-state index is -0.0648. The molecule has 0 saturated carbocycles. The fourth-order valence-corrected chi connectivity index (χ4v) is 5.15. The van der Waals surface area contributed by atoms with Gasteiger partial charge in [0.25, 0.3) is 0 Å². The Bertz CT molecular complexity index is 813. The molecule has 6 heteroatoms. The summed E-state index contributed by atoms with van der Waals surface area (Å²) < 4.78 is 6.87. The smallest absolute Gasteiger partial charge is 0.127 e. The molecule has 0 bridgehead atoms. The molecule has 0 aliphatic heterocycles. The number of aryl methyl sites for hydroxylation is 2. The molecular weight excluding hydrogens is 392 g/mol. The quantitative estimate of drug-likeness (QED) is 0.547. The van der Waals surface area contributed by atoms with E-state index in [0.29, 0.717) is 0 Å². The third kappa shape index (κ3) is 3.55. The summed E-state index contributed by atoms with van der Waals surface area (Å²) in [6.45, 7) is 4.16. The normalized spacial score (nSPS) is 12.5. The number of thiophene rings is 1. The van der Waals surface area contributed by atoms with Gasteiger partial charge in [0.15, 0.2) is 0 Å². The second-order valence-electron chi connectivity index (χ2n) is 5.12. The molecule has 0 fully saturated rings. The van der Waals surface area contributed by atoms with Crippen LogP contribution in [-0.2, 0) is 11.2 Å². The number of ether oxygens (including phenoxy) is 1. The zero-order chi connectivity index (χ0) is 16.4. The number of thiazole rings is 1. The van der Waals surface area contributed by atoms with Crippen LogP contribution in [0.1, 0.15) is 34.2 Å². The van der Waals surface area contributed by atoms with E-state index >= 15 is 0 Å². The lowest BCUT2D eigenvalue weighted by molar-refractivity contribution is 0.141. The Labute approximate surface area is 152 Å². The van der Waals surface area contributed by atoms with Crippen molar-refractivity contribution in [2.45, 2.75) is 26.4 Å². The van der Waals surface area contributed by atoms with Gasteiger partial charge in [-0.1, -0.05) is 6.92 Å². The van der Waals surface area contributed by atoms with E-state index in [-0.39, 0.29) is 6.10 Å². The van der Waals surface area contributed by atoms with E-state index in [1.807, 2.05) is 19.2 Å². The van der Waals surface area contributed by atoms with Gasteiger partial charge in [-0.2, -0.15) is 0 Å². The highest BCUT2D eigenvalue weighted by molar-refractivity contribution is 9.11. The molecule has 0 amide bonds. The molecule has 120 valence electrons. The van der Waals surface area contributed by atoms with Gasteiger partial charge in [-0.25, -0.2) is 4.98 Å². The first-order valence-corrected chi connectivity index (χ1v) is 9.75. The van der Waals surface area contributed by atoms with E-state index in [2.05, 4.69) is 46.0 Å². The van der Waals surface area contributed by atoms with Gasteiger partial charge in [-0.3, -0.25) is 4.98 Å². The molecule has 0 radical (unpaired) electrons. The minimum Gasteiger partial charge on any atom is -0.370 e. The van der Waals surface area contributed by atoms with Crippen LogP contribution in [0, 0.1) is 6.92 Å². The van der Waals surface area contributed by atoms with E-state index in [9.17, 15) is 0 Å². The summed E-state index contributed by atoms with van der Waals surface area (Å²) in [6.07, 6.45) is 2.72. The van der Waals surface area contributed by atoms with Crippen molar-refractivity contribution in [2.75, 3.05) is 7.11 Å². The van der Waals surface area contributed by atoms with Crippen LogP contribution in [0.2, 0.25) is 0 Å². The summed E-state index contributed by atoms with van der Waals surface area (Å²) in [5, 5.41) is 1.02. The van der Waals surface area contributed by atoms with E-state index in [1.54, 1.807) is 29.8 Å². The average molecular weight is 409 g/mol. The zero-order valence-corrected chi connectivity index (χ0v) is 16.4. The molecule has 3 rings (SSSR count). The maximum absolute atomic E-state index is 5.76. The molecule has 0 saturated heterocycles. The van der Waals surface area contributed by atoms with Crippen LogP contribution in [0.3, 0.4) is 0 Å². The van der Waals surface area contributed by atoms with Gasteiger partial charge in [0.05, 0.1) is 14.4 Å². The molecule has 23 heavy (non-hydrogen) atoms. The first-order valence-electron chi connectivity index (χ1n) is 7.33. The molecular formula is C17H17BrN2OS2. The van der Waals surface area contributed by atoms with Gasteiger partial charge >= 0.3 is 0 Å². The largest absolute Gasteiger partial charge is 0.370 e. The maximum atomic E-state index is 5.76. The third-order valence-corrected chi connectivity index (χ3v) is 6.50. The van der Waals surface area contributed by atoms with Crippen molar-refractivity contribution in [3.05, 3.63) is 55.4 Å². The van der Waals surface area contributed by atoms with Gasteiger partial charge in [0, 0.05) is 29.4 Å². The van der Waals surface area contributed by atoms with Crippen LogP contribution in [0.15, 0.2) is 34.2 Å². The number of hydrogen-bond donors (Lipinski definition) is 0. The highest BCUT2D eigenvalue weighted by atomic mass is 79.9. The third-order valence-electron chi connectivity index (χ3n) is 3.58. The summed E-state index contributed by atoms with van der Waals surface area (Å²) in [5.41, 5.74) is 3.23. The van der Waals surface area contributed by atoms with Crippen LogP contribution in [0.4, 0.5) is 0 Å². The number of pyridine rings is 1. The summed E-state index contributed by atoms with van der Waals surface area (Å²) in [4.78, 5) is 11.5. The van der Waals surface area contributed by atoms with Crippen molar-refractivity contribution in [3.8, 4) is 10.6 Å². The van der Waals surface area contributed by atoms with Crippen LogP contribution in [0.25, 0.3) is 10.6 Å². The number of hydrogen-bond acceptors (Lipinski definition) is 5. The summed E-state index contributed by atoms with van der Waals surface area (Å²) in [7, 11) is 1.75. The van der Waals surface area contributed by atoms with Crippen molar-refractivity contribution in [1.29, 1.82) is 0 Å². The maximum Gasteiger partial charge on any atom is 0.127 e. The topological polar surface area (TPSA) is 35.0 Å². The van der Waals surface area contributed by atoms with Crippen LogP contribution >= 0.6 is 38.6 Å². The average Bonchev–Trinajstić information content (AvgIpc) is 3.15. The Morgan fingerprint density at radius 3 is 2.74 bits per heavy atom. The Morgan fingerprint density at radius 1 is 1.26 bits per heavy atom. The Morgan fingerprint density at radius 2 is 2.09 bits per heavy atom. The van der Waals surface area contributed by atoms with Gasteiger partial charge in [0.2, 0.25) is 0 Å². The number of halogens is 1. The molecule has 3 aromatic heterocycles. The predicted octanol–water partition coefficient (Wildman–Crippen LogP) is 5.64. The van der Waals surface area contributed by atoms with Crippen molar-refractivity contribution >= 4 is 38.6 Å². The van der Waals surface area contributed by atoms with Crippen LogP contribution in [-0.4, -0.2) is 17.1 Å². The number of aromatic nitrogens is 2. The number of nitrogens with zero attached hydrogens (tertiary/aromatic N) is 2. The lowest BCUT2D eigenvalue weighted by Gasteiger charge is -2.12. The van der Waals surface area contributed by atoms with Crippen LogP contribution in [0.5, 0.6) is 0 Å². The summed E-state index contributed by atoms with van der Waals surface area (Å²) in [5.74, 6) is 0. The fraction of sp³-hybridized carbons (Fsp3) is 0.294. The van der Waals surface area contributed by atoms with E-state index in [4.69, 9.17) is 9.72 Å². The van der Waals surface area contributed by atoms with Crippen LogP contribution < -0.4 is 0 Å². The highest BCUT2D eigenvalue weighted by Crippen LogP contribution is 2.39. The molecule has 3 aromatic rings. The first kappa shape index (κ1) is 16.8. The lowest BCUT2D eigenvalue weighted by Crippen LogP contribution is -2.00. The monoisotopic (exact) mass is 408 g/mol. The first-order chi connectivity index (χ1) is 11.1. The summed E-state index contributed by atoms with van der Waals surface area (Å²) >= 11 is 6.91. The molecule has 1 atom stereocenters. The summed E-state index contributed by atoms with van der Waals surface area (Å²) in [6, 6.07) is 8.29. The Hall–Kier alpha value is -1.08. The Kier molecular flexibility index (Phi) is 5.26. The van der Waals surface area contributed by atoms with E-state index in [1.165, 1.54) is 4.88 Å².